The predicted octanol–water partition coefficient (Wildman–Crippen LogP) is 2.26. The first-order chi connectivity index (χ1) is 9.42. The third-order valence-electron chi connectivity index (χ3n) is 2.42. The van der Waals surface area contributed by atoms with Crippen molar-refractivity contribution in [1.29, 1.82) is 0 Å². The number of anilines is 1. The molecule has 0 saturated heterocycles. The van der Waals surface area contributed by atoms with Crippen LogP contribution in [0.2, 0.25) is 0 Å². The second kappa shape index (κ2) is 5.51. The largest absolute Gasteiger partial charge is 0.497 e. The highest BCUT2D eigenvalue weighted by Crippen LogP contribution is 2.25. The number of carbonyl (C=O) groups is 1. The summed E-state index contributed by atoms with van der Waals surface area (Å²) in [5.41, 5.74) is 0. The summed E-state index contributed by atoms with van der Waals surface area (Å²) in [6.07, 6.45) is 0. The molecule has 2 rings (SSSR count). The molecule has 1 heterocycles. The Kier molecular flexibility index (Phi) is 3.96. The molecule has 0 fully saturated rings. The molecule has 0 bridgehead atoms. The van der Waals surface area contributed by atoms with Gasteiger partial charge in [-0.3, -0.25) is 4.72 Å². The molecule has 0 spiro atoms. The van der Waals surface area contributed by atoms with Crippen molar-refractivity contribution < 1.29 is 23.1 Å². The Hall–Kier alpha value is -2.06. The first-order valence-corrected chi connectivity index (χ1v) is 7.72. The molecular weight excluding hydrogens is 302 g/mol. The molecule has 20 heavy (non-hydrogen) atoms. The van der Waals surface area contributed by atoms with Gasteiger partial charge in [0.25, 0.3) is 10.0 Å². The SMILES string of the molecule is COc1ccc(S(=O)(=O)Nc2ccc(C(=O)O)s2)cc1. The van der Waals surface area contributed by atoms with Crippen LogP contribution in [0.4, 0.5) is 5.00 Å². The third kappa shape index (κ3) is 3.09. The molecule has 106 valence electrons. The van der Waals surface area contributed by atoms with Gasteiger partial charge in [0.1, 0.15) is 15.6 Å². The molecule has 0 unspecified atom stereocenters. The summed E-state index contributed by atoms with van der Waals surface area (Å²) in [7, 11) is -2.25. The van der Waals surface area contributed by atoms with E-state index in [9.17, 15) is 13.2 Å². The van der Waals surface area contributed by atoms with E-state index in [4.69, 9.17) is 9.84 Å². The maximum absolute atomic E-state index is 12.1. The van der Waals surface area contributed by atoms with Crippen LogP contribution in [0.3, 0.4) is 0 Å². The Labute approximate surface area is 119 Å². The quantitative estimate of drug-likeness (QED) is 0.883. The standard InChI is InChI=1S/C12H11NO5S2/c1-18-8-2-4-9(5-3-8)20(16,17)13-11-7-6-10(19-11)12(14)15/h2-7,13H,1H3,(H,14,15). The number of aromatic carboxylic acids is 1. The molecule has 1 aromatic heterocycles. The minimum absolute atomic E-state index is 0.0671. The van der Waals surface area contributed by atoms with Crippen molar-refractivity contribution in [3.63, 3.8) is 0 Å². The molecule has 0 amide bonds. The van der Waals surface area contributed by atoms with Crippen LogP contribution in [0.5, 0.6) is 5.75 Å². The second-order valence-corrected chi connectivity index (χ2v) is 6.52. The summed E-state index contributed by atoms with van der Waals surface area (Å²) < 4.78 is 31.5. The first-order valence-electron chi connectivity index (χ1n) is 5.42. The molecule has 0 saturated carbocycles. The Morgan fingerprint density at radius 2 is 1.85 bits per heavy atom. The van der Waals surface area contributed by atoms with Crippen molar-refractivity contribution in [1.82, 2.24) is 0 Å². The van der Waals surface area contributed by atoms with Gasteiger partial charge >= 0.3 is 5.97 Å². The maximum Gasteiger partial charge on any atom is 0.345 e. The second-order valence-electron chi connectivity index (χ2n) is 3.75. The fourth-order valence-corrected chi connectivity index (χ4v) is 3.49. The topological polar surface area (TPSA) is 92.7 Å². The molecular formula is C12H11NO5S2. The van der Waals surface area contributed by atoms with Crippen LogP contribution in [0.15, 0.2) is 41.3 Å². The van der Waals surface area contributed by atoms with E-state index in [0.29, 0.717) is 5.75 Å². The van der Waals surface area contributed by atoms with Crippen molar-refractivity contribution >= 4 is 32.3 Å². The lowest BCUT2D eigenvalue weighted by Gasteiger charge is -2.06. The van der Waals surface area contributed by atoms with Gasteiger partial charge in [-0.15, -0.1) is 11.3 Å². The van der Waals surface area contributed by atoms with Gasteiger partial charge in [0, 0.05) is 0 Å². The van der Waals surface area contributed by atoms with Gasteiger partial charge < -0.3 is 9.84 Å². The minimum Gasteiger partial charge on any atom is -0.497 e. The lowest BCUT2D eigenvalue weighted by atomic mass is 10.3. The Morgan fingerprint density at radius 3 is 2.35 bits per heavy atom. The molecule has 6 nitrogen and oxygen atoms in total. The third-order valence-corrected chi connectivity index (χ3v) is 4.92. The summed E-state index contributed by atoms with van der Waals surface area (Å²) in [5.74, 6) is -0.543. The summed E-state index contributed by atoms with van der Waals surface area (Å²) in [5, 5.41) is 9.04. The minimum atomic E-state index is -3.74. The molecule has 0 aliphatic carbocycles. The van der Waals surface area contributed by atoms with Crippen LogP contribution < -0.4 is 9.46 Å². The molecule has 0 aliphatic rings. The van der Waals surface area contributed by atoms with Crippen molar-refractivity contribution in [2.45, 2.75) is 4.90 Å². The molecule has 0 radical (unpaired) electrons. The van der Waals surface area contributed by atoms with Gasteiger partial charge in [-0.1, -0.05) is 0 Å². The number of carboxylic acids is 1. The van der Waals surface area contributed by atoms with E-state index in [1.54, 1.807) is 0 Å². The molecule has 0 aliphatic heterocycles. The Balaban J connectivity index is 2.23. The lowest BCUT2D eigenvalue weighted by Crippen LogP contribution is -2.11. The average molecular weight is 313 g/mol. The van der Waals surface area contributed by atoms with E-state index < -0.39 is 16.0 Å². The number of benzene rings is 1. The van der Waals surface area contributed by atoms with E-state index in [-0.39, 0.29) is 14.8 Å². The summed E-state index contributed by atoms with van der Waals surface area (Å²) in [6, 6.07) is 8.64. The number of thiophene rings is 1. The zero-order chi connectivity index (χ0) is 14.8. The maximum atomic E-state index is 12.1. The van der Waals surface area contributed by atoms with Gasteiger partial charge in [0.05, 0.1) is 12.0 Å². The highest BCUT2D eigenvalue weighted by Gasteiger charge is 2.16. The normalized spacial score (nSPS) is 11.1. The van der Waals surface area contributed by atoms with Crippen LogP contribution in [0, 0.1) is 0 Å². The number of ether oxygens (including phenoxy) is 1. The number of rotatable bonds is 5. The fourth-order valence-electron chi connectivity index (χ4n) is 1.45. The zero-order valence-corrected chi connectivity index (χ0v) is 12.0. The van der Waals surface area contributed by atoms with Crippen LogP contribution >= 0.6 is 11.3 Å². The van der Waals surface area contributed by atoms with Gasteiger partial charge in [0.2, 0.25) is 0 Å². The fraction of sp³-hybridized carbons (Fsp3) is 0.0833. The number of methoxy groups -OCH3 is 1. The molecule has 1 aromatic carbocycles. The molecule has 2 N–H and O–H groups in total. The zero-order valence-electron chi connectivity index (χ0n) is 10.4. The van der Waals surface area contributed by atoms with Gasteiger partial charge in [-0.05, 0) is 36.4 Å². The Bertz CT molecular complexity index is 719. The van der Waals surface area contributed by atoms with Crippen molar-refractivity contribution in [3.05, 3.63) is 41.3 Å². The van der Waals surface area contributed by atoms with Crippen LogP contribution in [-0.4, -0.2) is 26.6 Å². The monoisotopic (exact) mass is 313 g/mol. The van der Waals surface area contributed by atoms with E-state index in [1.807, 2.05) is 0 Å². The molecule has 0 atom stereocenters. The average Bonchev–Trinajstić information content (AvgIpc) is 2.87. The number of hydrogen-bond donors (Lipinski definition) is 2. The van der Waals surface area contributed by atoms with Crippen molar-refractivity contribution in [2.75, 3.05) is 11.8 Å². The van der Waals surface area contributed by atoms with E-state index >= 15 is 0 Å². The summed E-state index contributed by atoms with van der Waals surface area (Å²) in [4.78, 5) is 10.9. The van der Waals surface area contributed by atoms with Crippen molar-refractivity contribution in [2.24, 2.45) is 0 Å². The predicted molar refractivity (Wildman–Crippen MR) is 75.1 cm³/mol. The van der Waals surface area contributed by atoms with Crippen molar-refractivity contribution in [3.8, 4) is 5.75 Å². The number of carboxylic acid groups (broad SMARTS) is 1. The number of sulfonamides is 1. The van der Waals surface area contributed by atoms with Crippen LogP contribution in [0.1, 0.15) is 9.67 Å². The van der Waals surface area contributed by atoms with E-state index in [0.717, 1.165) is 11.3 Å². The van der Waals surface area contributed by atoms with Crippen LogP contribution in [-0.2, 0) is 10.0 Å². The highest BCUT2D eigenvalue weighted by atomic mass is 32.2. The number of nitrogens with one attached hydrogen (secondary N) is 1. The molecule has 2 aromatic rings. The summed E-state index contributed by atoms with van der Waals surface area (Å²) in [6.45, 7) is 0. The van der Waals surface area contributed by atoms with E-state index in [1.165, 1.54) is 43.5 Å². The smallest absolute Gasteiger partial charge is 0.345 e. The highest BCUT2D eigenvalue weighted by molar-refractivity contribution is 7.93. The van der Waals surface area contributed by atoms with Crippen LogP contribution in [0.25, 0.3) is 0 Å². The summed E-state index contributed by atoms with van der Waals surface area (Å²) >= 11 is 0.856. The Morgan fingerprint density at radius 1 is 1.20 bits per heavy atom. The first kappa shape index (κ1) is 14.4. The van der Waals surface area contributed by atoms with Gasteiger partial charge in [-0.2, -0.15) is 0 Å². The van der Waals surface area contributed by atoms with E-state index in [2.05, 4.69) is 4.72 Å². The van der Waals surface area contributed by atoms with Gasteiger partial charge in [-0.25, -0.2) is 13.2 Å². The number of hydrogen-bond acceptors (Lipinski definition) is 5. The lowest BCUT2D eigenvalue weighted by molar-refractivity contribution is 0.0702. The van der Waals surface area contributed by atoms with Gasteiger partial charge in [0.15, 0.2) is 0 Å². The molecule has 8 heteroatoms.